The lowest BCUT2D eigenvalue weighted by Crippen LogP contribution is -1.96. The second-order valence-corrected chi connectivity index (χ2v) is 4.47. The lowest BCUT2D eigenvalue weighted by atomic mass is 10.1. The fourth-order valence-corrected chi connectivity index (χ4v) is 2.11. The van der Waals surface area contributed by atoms with E-state index in [1.54, 1.807) is 0 Å². The van der Waals surface area contributed by atoms with Gasteiger partial charge in [0.1, 0.15) is 11.5 Å². The third-order valence-electron chi connectivity index (χ3n) is 3.21. The van der Waals surface area contributed by atoms with Crippen LogP contribution in [0, 0.1) is 6.92 Å². The summed E-state index contributed by atoms with van der Waals surface area (Å²) in [6.45, 7) is 2.54. The molecule has 104 valence electrons. The third-order valence-corrected chi connectivity index (χ3v) is 3.21. The van der Waals surface area contributed by atoms with Gasteiger partial charge in [0.2, 0.25) is 0 Å². The molecule has 2 aromatic carbocycles. The Balaban J connectivity index is 0.00000147. The number of halogens is 1. The van der Waals surface area contributed by atoms with E-state index in [0.29, 0.717) is 6.54 Å². The van der Waals surface area contributed by atoms with Gasteiger partial charge in [0, 0.05) is 17.5 Å². The number of hydrogen-bond acceptors (Lipinski definition) is 3. The monoisotopic (exact) mass is 289 g/mol. The van der Waals surface area contributed by atoms with E-state index in [4.69, 9.17) is 10.5 Å². The van der Waals surface area contributed by atoms with Crippen LogP contribution in [0.5, 0.6) is 11.5 Å². The smallest absolute Gasteiger partial charge is 0.131 e. The van der Waals surface area contributed by atoms with Gasteiger partial charge in [-0.15, -0.1) is 12.4 Å². The van der Waals surface area contributed by atoms with Crippen molar-refractivity contribution >= 4 is 23.3 Å². The van der Waals surface area contributed by atoms with Crippen LogP contribution in [-0.4, -0.2) is 10.2 Å². The molecule has 5 heteroatoms. The van der Waals surface area contributed by atoms with Crippen LogP contribution < -0.4 is 10.5 Å². The molecule has 1 heterocycles. The van der Waals surface area contributed by atoms with E-state index in [0.717, 1.165) is 33.5 Å². The maximum atomic E-state index is 5.93. The van der Waals surface area contributed by atoms with E-state index in [9.17, 15) is 0 Å². The van der Waals surface area contributed by atoms with Gasteiger partial charge in [0.15, 0.2) is 0 Å². The number of nitrogens with zero attached hydrogens (tertiary/aromatic N) is 1. The lowest BCUT2D eigenvalue weighted by Gasteiger charge is -2.10. The Labute approximate surface area is 123 Å². The number of nitrogens with two attached hydrogens (primary N) is 1. The highest BCUT2D eigenvalue weighted by Gasteiger charge is 2.07. The van der Waals surface area contributed by atoms with Gasteiger partial charge in [0.25, 0.3) is 0 Å². The molecule has 0 aliphatic carbocycles. The average Bonchev–Trinajstić information content (AvgIpc) is 2.91. The number of ether oxygens (including phenoxy) is 1. The summed E-state index contributed by atoms with van der Waals surface area (Å²) in [6, 6.07) is 11.7. The minimum Gasteiger partial charge on any atom is -0.457 e. The number of aromatic amines is 1. The molecule has 0 saturated carbocycles. The number of aromatic nitrogens is 2. The van der Waals surface area contributed by atoms with Crippen molar-refractivity contribution in [1.82, 2.24) is 10.2 Å². The molecule has 0 aliphatic rings. The summed E-state index contributed by atoms with van der Waals surface area (Å²) in [5.74, 6) is 1.64. The van der Waals surface area contributed by atoms with Crippen LogP contribution >= 0.6 is 12.4 Å². The maximum Gasteiger partial charge on any atom is 0.131 e. The third kappa shape index (κ3) is 2.61. The molecule has 3 N–H and O–H groups in total. The van der Waals surface area contributed by atoms with Crippen LogP contribution in [0.3, 0.4) is 0 Å². The molecule has 3 rings (SSSR count). The molecule has 4 nitrogen and oxygen atoms in total. The van der Waals surface area contributed by atoms with Crippen molar-refractivity contribution in [3.63, 3.8) is 0 Å². The highest BCUT2D eigenvalue weighted by atomic mass is 35.5. The van der Waals surface area contributed by atoms with E-state index in [-0.39, 0.29) is 12.4 Å². The first kappa shape index (κ1) is 14.4. The minimum absolute atomic E-state index is 0. The van der Waals surface area contributed by atoms with Crippen molar-refractivity contribution in [2.45, 2.75) is 13.5 Å². The van der Waals surface area contributed by atoms with Crippen LogP contribution in [0.2, 0.25) is 0 Å². The van der Waals surface area contributed by atoms with E-state index >= 15 is 0 Å². The van der Waals surface area contributed by atoms with Crippen molar-refractivity contribution < 1.29 is 4.74 Å². The van der Waals surface area contributed by atoms with E-state index in [2.05, 4.69) is 10.2 Å². The van der Waals surface area contributed by atoms with E-state index < -0.39 is 0 Å². The van der Waals surface area contributed by atoms with Gasteiger partial charge in [-0.2, -0.15) is 5.10 Å². The largest absolute Gasteiger partial charge is 0.457 e. The van der Waals surface area contributed by atoms with Crippen molar-refractivity contribution in [2.24, 2.45) is 5.73 Å². The zero-order valence-electron chi connectivity index (χ0n) is 11.1. The lowest BCUT2D eigenvalue weighted by molar-refractivity contribution is 0.479. The molecule has 0 radical (unpaired) electrons. The van der Waals surface area contributed by atoms with Crippen molar-refractivity contribution in [1.29, 1.82) is 0 Å². The van der Waals surface area contributed by atoms with Gasteiger partial charge >= 0.3 is 0 Å². The molecule has 0 saturated heterocycles. The Hall–Kier alpha value is -2.04. The summed E-state index contributed by atoms with van der Waals surface area (Å²) < 4.78 is 5.93. The van der Waals surface area contributed by atoms with Gasteiger partial charge in [-0.1, -0.05) is 12.1 Å². The number of fused-ring (bicyclic) bond motifs is 1. The summed E-state index contributed by atoms with van der Waals surface area (Å²) in [4.78, 5) is 0. The van der Waals surface area contributed by atoms with Crippen LogP contribution in [0.4, 0.5) is 0 Å². The highest BCUT2D eigenvalue weighted by molar-refractivity contribution is 5.85. The van der Waals surface area contributed by atoms with E-state index in [1.165, 1.54) is 0 Å². The Morgan fingerprint density at radius 1 is 1.25 bits per heavy atom. The van der Waals surface area contributed by atoms with Crippen LogP contribution in [-0.2, 0) is 6.54 Å². The average molecular weight is 290 g/mol. The van der Waals surface area contributed by atoms with Gasteiger partial charge in [-0.3, -0.25) is 5.10 Å². The summed E-state index contributed by atoms with van der Waals surface area (Å²) >= 11 is 0. The highest BCUT2D eigenvalue weighted by Crippen LogP contribution is 2.30. The number of nitrogens with one attached hydrogen (secondary N) is 1. The summed E-state index contributed by atoms with van der Waals surface area (Å²) in [6.07, 6.45) is 1.81. The Morgan fingerprint density at radius 3 is 2.90 bits per heavy atom. The molecule has 0 unspecified atom stereocenters. The molecular weight excluding hydrogens is 274 g/mol. The molecule has 0 aliphatic heterocycles. The van der Waals surface area contributed by atoms with Crippen molar-refractivity contribution in [3.05, 3.63) is 53.7 Å². The number of rotatable bonds is 3. The molecule has 3 aromatic rings. The van der Waals surface area contributed by atoms with Crippen LogP contribution in [0.15, 0.2) is 42.6 Å². The van der Waals surface area contributed by atoms with Crippen LogP contribution in [0.25, 0.3) is 10.9 Å². The Morgan fingerprint density at radius 2 is 2.10 bits per heavy atom. The van der Waals surface area contributed by atoms with Gasteiger partial charge in [-0.05, 0) is 36.8 Å². The second kappa shape index (κ2) is 5.94. The second-order valence-electron chi connectivity index (χ2n) is 4.47. The van der Waals surface area contributed by atoms with Crippen molar-refractivity contribution in [3.8, 4) is 11.5 Å². The first-order chi connectivity index (χ1) is 9.28. The van der Waals surface area contributed by atoms with Gasteiger partial charge < -0.3 is 10.5 Å². The molecule has 0 atom stereocenters. The molecule has 0 amide bonds. The van der Waals surface area contributed by atoms with E-state index in [1.807, 2.05) is 49.5 Å². The number of aryl methyl sites for hydroxylation is 1. The summed E-state index contributed by atoms with van der Waals surface area (Å²) in [5.41, 5.74) is 8.78. The quantitative estimate of drug-likeness (QED) is 0.775. The Bertz CT molecular complexity index is 724. The fraction of sp³-hybridized carbons (Fsp3) is 0.133. The number of benzene rings is 2. The first-order valence-corrected chi connectivity index (χ1v) is 6.17. The standard InChI is InChI=1S/C15H15N3O.ClH/c1-10-13-9-17-18-14(13)5-6-15(10)19-12-4-2-3-11(7-12)8-16;/h2-7,9H,8,16H2,1H3,(H,17,18);1H. The molecule has 0 spiro atoms. The molecule has 20 heavy (non-hydrogen) atoms. The fourth-order valence-electron chi connectivity index (χ4n) is 2.11. The van der Waals surface area contributed by atoms with Gasteiger partial charge in [-0.25, -0.2) is 0 Å². The molecule has 1 aromatic heterocycles. The normalized spacial score (nSPS) is 10.3. The number of H-pyrrole nitrogens is 1. The van der Waals surface area contributed by atoms with Crippen molar-refractivity contribution in [2.75, 3.05) is 0 Å². The van der Waals surface area contributed by atoms with Gasteiger partial charge in [0.05, 0.1) is 11.7 Å². The topological polar surface area (TPSA) is 63.9 Å². The molecule has 0 fully saturated rings. The predicted octanol–water partition coefficient (Wildman–Crippen LogP) is 3.54. The zero-order valence-corrected chi connectivity index (χ0v) is 11.9. The maximum absolute atomic E-state index is 5.93. The number of hydrogen-bond donors (Lipinski definition) is 2. The molecular formula is C15H16ClN3O. The predicted molar refractivity (Wildman–Crippen MR) is 82.5 cm³/mol. The summed E-state index contributed by atoms with van der Waals surface area (Å²) in [7, 11) is 0. The minimum atomic E-state index is 0. The SMILES string of the molecule is Cc1c(Oc2cccc(CN)c2)ccc2[nH]ncc12.Cl. The molecule has 0 bridgehead atoms. The van der Waals surface area contributed by atoms with Crippen LogP contribution in [0.1, 0.15) is 11.1 Å². The summed E-state index contributed by atoms with van der Waals surface area (Å²) in [5, 5.41) is 8.06. The first-order valence-electron chi connectivity index (χ1n) is 6.17. The zero-order chi connectivity index (χ0) is 13.2. The Kier molecular flexibility index (Phi) is 4.27.